The number of urea groups is 1. The van der Waals surface area contributed by atoms with Gasteiger partial charge in [-0.3, -0.25) is 0 Å². The number of rotatable bonds is 6. The SMILES string of the molecule is CCc1ccc(OCCNC(=O)Nc2ccc(F)c(Cl)c2)cc1. The number of nitrogens with one attached hydrogen (secondary N) is 2. The molecule has 0 aliphatic heterocycles. The first-order valence-corrected chi connectivity index (χ1v) is 7.68. The summed E-state index contributed by atoms with van der Waals surface area (Å²) < 4.78 is 18.5. The van der Waals surface area contributed by atoms with Crippen LogP contribution in [0, 0.1) is 5.82 Å². The number of aryl methyl sites for hydroxylation is 1. The van der Waals surface area contributed by atoms with Gasteiger partial charge in [-0.25, -0.2) is 9.18 Å². The number of anilines is 1. The summed E-state index contributed by atoms with van der Waals surface area (Å²) in [6.07, 6.45) is 0.982. The molecule has 0 spiro atoms. The smallest absolute Gasteiger partial charge is 0.319 e. The molecule has 122 valence electrons. The molecule has 2 rings (SSSR count). The van der Waals surface area contributed by atoms with Gasteiger partial charge in [-0.1, -0.05) is 30.7 Å². The first kappa shape index (κ1) is 17.1. The fourth-order valence-electron chi connectivity index (χ4n) is 1.90. The Kier molecular flexibility index (Phi) is 6.23. The van der Waals surface area contributed by atoms with Crippen LogP contribution in [0.1, 0.15) is 12.5 Å². The number of halogens is 2. The van der Waals surface area contributed by atoms with E-state index in [0.717, 1.165) is 12.2 Å². The lowest BCUT2D eigenvalue weighted by Gasteiger charge is -2.10. The second kappa shape index (κ2) is 8.39. The van der Waals surface area contributed by atoms with Crippen molar-refractivity contribution in [2.24, 2.45) is 0 Å². The van der Waals surface area contributed by atoms with E-state index in [9.17, 15) is 9.18 Å². The summed E-state index contributed by atoms with van der Waals surface area (Å²) in [5, 5.41) is 5.17. The van der Waals surface area contributed by atoms with Gasteiger partial charge in [-0.05, 0) is 42.3 Å². The van der Waals surface area contributed by atoms with Gasteiger partial charge in [0.1, 0.15) is 18.2 Å². The van der Waals surface area contributed by atoms with E-state index >= 15 is 0 Å². The minimum atomic E-state index is -0.528. The van der Waals surface area contributed by atoms with Crippen LogP contribution in [0.15, 0.2) is 42.5 Å². The molecule has 2 amide bonds. The largest absolute Gasteiger partial charge is 0.492 e. The van der Waals surface area contributed by atoms with Crippen LogP contribution in [-0.4, -0.2) is 19.2 Å². The molecule has 0 aromatic heterocycles. The summed E-state index contributed by atoms with van der Waals surface area (Å²) in [7, 11) is 0. The van der Waals surface area contributed by atoms with E-state index in [-0.39, 0.29) is 5.02 Å². The predicted molar refractivity (Wildman–Crippen MR) is 89.7 cm³/mol. The first-order chi connectivity index (χ1) is 11.1. The summed E-state index contributed by atoms with van der Waals surface area (Å²) in [5.74, 6) is 0.231. The van der Waals surface area contributed by atoms with Crippen molar-refractivity contribution >= 4 is 23.3 Å². The van der Waals surface area contributed by atoms with Gasteiger partial charge in [0, 0.05) is 5.69 Å². The number of ether oxygens (including phenoxy) is 1. The molecule has 0 aliphatic rings. The van der Waals surface area contributed by atoms with E-state index < -0.39 is 11.8 Å². The molecule has 0 fully saturated rings. The lowest BCUT2D eigenvalue weighted by Crippen LogP contribution is -2.32. The Bertz CT molecular complexity index is 662. The highest BCUT2D eigenvalue weighted by Gasteiger charge is 2.04. The topological polar surface area (TPSA) is 50.4 Å². The molecule has 4 nitrogen and oxygen atoms in total. The Balaban J connectivity index is 1.70. The third-order valence-corrected chi connectivity index (χ3v) is 3.46. The average molecular weight is 337 g/mol. The van der Waals surface area contributed by atoms with E-state index in [0.29, 0.717) is 18.8 Å². The molecule has 0 aliphatic carbocycles. The lowest BCUT2D eigenvalue weighted by molar-refractivity contribution is 0.247. The second-order valence-electron chi connectivity index (χ2n) is 4.86. The number of hydrogen-bond donors (Lipinski definition) is 2. The Hall–Kier alpha value is -2.27. The maximum atomic E-state index is 13.0. The monoisotopic (exact) mass is 336 g/mol. The second-order valence-corrected chi connectivity index (χ2v) is 5.26. The standard InChI is InChI=1S/C17H18ClFN2O2/c1-2-12-3-6-14(7-4-12)23-10-9-20-17(22)21-13-5-8-16(19)15(18)11-13/h3-8,11H,2,9-10H2,1H3,(H2,20,21,22). The quantitative estimate of drug-likeness (QED) is 0.775. The van der Waals surface area contributed by atoms with Gasteiger partial charge in [-0.15, -0.1) is 0 Å². The molecular weight excluding hydrogens is 319 g/mol. The van der Waals surface area contributed by atoms with Crippen molar-refractivity contribution in [3.05, 3.63) is 58.9 Å². The number of benzene rings is 2. The van der Waals surface area contributed by atoms with Crippen LogP contribution < -0.4 is 15.4 Å². The van der Waals surface area contributed by atoms with Crippen LogP contribution in [0.5, 0.6) is 5.75 Å². The van der Waals surface area contributed by atoms with Crippen molar-refractivity contribution < 1.29 is 13.9 Å². The molecule has 0 saturated heterocycles. The number of amides is 2. The first-order valence-electron chi connectivity index (χ1n) is 7.30. The maximum Gasteiger partial charge on any atom is 0.319 e. The van der Waals surface area contributed by atoms with Crippen molar-refractivity contribution in [2.75, 3.05) is 18.5 Å². The zero-order valence-electron chi connectivity index (χ0n) is 12.7. The lowest BCUT2D eigenvalue weighted by atomic mass is 10.2. The summed E-state index contributed by atoms with van der Waals surface area (Å²) in [6.45, 7) is 2.78. The predicted octanol–water partition coefficient (Wildman–Crippen LogP) is 4.24. The minimum absolute atomic E-state index is 0.0401. The van der Waals surface area contributed by atoms with Gasteiger partial charge in [0.25, 0.3) is 0 Å². The van der Waals surface area contributed by atoms with Crippen LogP contribution in [-0.2, 0) is 6.42 Å². The van der Waals surface area contributed by atoms with Gasteiger partial charge < -0.3 is 15.4 Å². The highest BCUT2D eigenvalue weighted by atomic mass is 35.5. The van der Waals surface area contributed by atoms with Crippen LogP contribution in [0.3, 0.4) is 0 Å². The van der Waals surface area contributed by atoms with Crippen LogP contribution >= 0.6 is 11.6 Å². The fourth-order valence-corrected chi connectivity index (χ4v) is 2.08. The zero-order valence-corrected chi connectivity index (χ0v) is 13.5. The van der Waals surface area contributed by atoms with Crippen LogP contribution in [0.2, 0.25) is 5.02 Å². The molecule has 0 radical (unpaired) electrons. The molecule has 2 aromatic carbocycles. The van der Waals surface area contributed by atoms with Crippen molar-refractivity contribution in [1.82, 2.24) is 5.32 Å². The number of carbonyl (C=O) groups is 1. The van der Waals surface area contributed by atoms with Gasteiger partial charge in [0.15, 0.2) is 0 Å². The highest BCUT2D eigenvalue weighted by molar-refractivity contribution is 6.31. The summed E-state index contributed by atoms with van der Waals surface area (Å²) in [5.41, 5.74) is 1.66. The van der Waals surface area contributed by atoms with Crippen molar-refractivity contribution in [3.63, 3.8) is 0 Å². The van der Waals surface area contributed by atoms with Gasteiger partial charge in [-0.2, -0.15) is 0 Å². The number of hydrogen-bond acceptors (Lipinski definition) is 2. The Morgan fingerprint density at radius 3 is 2.61 bits per heavy atom. The average Bonchev–Trinajstić information content (AvgIpc) is 2.55. The Morgan fingerprint density at radius 1 is 1.22 bits per heavy atom. The highest BCUT2D eigenvalue weighted by Crippen LogP contribution is 2.19. The van der Waals surface area contributed by atoms with Crippen molar-refractivity contribution in [3.8, 4) is 5.75 Å². The molecule has 0 bridgehead atoms. The zero-order chi connectivity index (χ0) is 16.7. The molecule has 0 unspecified atom stereocenters. The molecule has 0 atom stereocenters. The van der Waals surface area contributed by atoms with Crippen LogP contribution in [0.25, 0.3) is 0 Å². The molecule has 2 N–H and O–H groups in total. The summed E-state index contributed by atoms with van der Waals surface area (Å²) in [6, 6.07) is 11.4. The molecule has 0 heterocycles. The molecule has 0 saturated carbocycles. The molecule has 6 heteroatoms. The van der Waals surface area contributed by atoms with Crippen LogP contribution in [0.4, 0.5) is 14.9 Å². The summed E-state index contributed by atoms with van der Waals surface area (Å²) in [4.78, 5) is 11.7. The van der Waals surface area contributed by atoms with Gasteiger partial charge >= 0.3 is 6.03 Å². The number of carbonyl (C=O) groups excluding carboxylic acids is 1. The molecule has 2 aromatic rings. The van der Waals surface area contributed by atoms with Crippen molar-refractivity contribution in [2.45, 2.75) is 13.3 Å². The van der Waals surface area contributed by atoms with E-state index in [2.05, 4.69) is 17.6 Å². The van der Waals surface area contributed by atoms with E-state index in [4.69, 9.17) is 16.3 Å². The Morgan fingerprint density at radius 2 is 1.96 bits per heavy atom. The normalized spacial score (nSPS) is 10.2. The fraction of sp³-hybridized carbons (Fsp3) is 0.235. The van der Waals surface area contributed by atoms with Gasteiger partial charge in [0.05, 0.1) is 11.6 Å². The summed E-state index contributed by atoms with van der Waals surface area (Å²) >= 11 is 5.65. The minimum Gasteiger partial charge on any atom is -0.492 e. The third kappa shape index (κ3) is 5.45. The van der Waals surface area contributed by atoms with E-state index in [1.54, 1.807) is 0 Å². The maximum absolute atomic E-state index is 13.0. The van der Waals surface area contributed by atoms with E-state index in [1.807, 2.05) is 24.3 Å². The van der Waals surface area contributed by atoms with Gasteiger partial charge in [0.2, 0.25) is 0 Å². The molecular formula is C17H18ClFN2O2. The van der Waals surface area contributed by atoms with Crippen molar-refractivity contribution in [1.29, 1.82) is 0 Å². The van der Waals surface area contributed by atoms with E-state index in [1.165, 1.54) is 23.8 Å². The Labute approximate surface area is 139 Å². The molecule has 23 heavy (non-hydrogen) atoms. The third-order valence-electron chi connectivity index (χ3n) is 3.17.